The highest BCUT2D eigenvalue weighted by molar-refractivity contribution is 5.95. The molecule has 1 aliphatic heterocycles. The topological polar surface area (TPSA) is 108 Å². The van der Waals surface area contributed by atoms with Crippen LogP contribution in [0.15, 0.2) is 24.3 Å². The van der Waals surface area contributed by atoms with Crippen molar-refractivity contribution in [2.24, 2.45) is 0 Å². The Kier molecular flexibility index (Phi) is 5.48. The first kappa shape index (κ1) is 16.0. The van der Waals surface area contributed by atoms with Crippen LogP contribution in [-0.2, 0) is 19.1 Å². The average Bonchev–Trinajstić information content (AvgIpc) is 3.01. The van der Waals surface area contributed by atoms with E-state index in [4.69, 9.17) is 4.74 Å². The quantitative estimate of drug-likeness (QED) is 0.784. The van der Waals surface area contributed by atoms with Crippen molar-refractivity contribution < 1.29 is 24.2 Å². The lowest BCUT2D eigenvalue weighted by molar-refractivity contribution is -0.305. The summed E-state index contributed by atoms with van der Waals surface area (Å²) in [6.07, 6.45) is 0.748. The minimum absolute atomic E-state index is 0.139. The second-order valence-electron chi connectivity index (χ2n) is 4.99. The molecular weight excluding hydrogens is 288 g/mol. The summed E-state index contributed by atoms with van der Waals surface area (Å²) >= 11 is 0. The molecule has 1 aliphatic rings. The Morgan fingerprint density at radius 2 is 1.73 bits per heavy atom. The van der Waals surface area contributed by atoms with Crippen LogP contribution in [0.2, 0.25) is 0 Å². The number of nitrogens with one attached hydrogen (secondary N) is 2. The number of carboxylic acid groups (broad SMARTS) is 1. The standard InChI is InChI=1S/C15H18N2O5/c18-13(7-8-14(19)20)16-10-3-5-11(6-4-10)17-15(21)12-2-1-9-22-12/h3-6,12H,1-2,7-9H2,(H,16,18)(H,17,21)(H,19,20)/p-1. The molecule has 7 nitrogen and oxygen atoms in total. The van der Waals surface area contributed by atoms with Crippen LogP contribution in [0.1, 0.15) is 25.7 Å². The monoisotopic (exact) mass is 305 g/mol. The summed E-state index contributed by atoms with van der Waals surface area (Å²) in [4.78, 5) is 33.6. The number of benzene rings is 1. The predicted molar refractivity (Wildman–Crippen MR) is 76.9 cm³/mol. The van der Waals surface area contributed by atoms with Crippen LogP contribution >= 0.6 is 0 Å². The number of aliphatic carboxylic acids is 1. The van der Waals surface area contributed by atoms with E-state index in [1.807, 2.05) is 0 Å². The molecule has 1 atom stereocenters. The van der Waals surface area contributed by atoms with Crippen LogP contribution in [0.4, 0.5) is 11.4 Å². The summed E-state index contributed by atoms with van der Waals surface area (Å²) < 4.78 is 5.29. The number of carbonyl (C=O) groups excluding carboxylic acids is 3. The average molecular weight is 305 g/mol. The zero-order chi connectivity index (χ0) is 15.9. The van der Waals surface area contributed by atoms with Gasteiger partial charge in [-0.1, -0.05) is 0 Å². The van der Waals surface area contributed by atoms with E-state index in [-0.39, 0.29) is 18.7 Å². The molecule has 2 amide bonds. The molecule has 1 aromatic carbocycles. The van der Waals surface area contributed by atoms with Gasteiger partial charge in [0.15, 0.2) is 0 Å². The van der Waals surface area contributed by atoms with Crippen LogP contribution in [0.25, 0.3) is 0 Å². The van der Waals surface area contributed by atoms with Crippen LogP contribution in [0, 0.1) is 0 Å². The second-order valence-corrected chi connectivity index (χ2v) is 4.99. The number of ether oxygens (including phenoxy) is 1. The molecule has 7 heteroatoms. The first-order valence-corrected chi connectivity index (χ1v) is 7.07. The lowest BCUT2D eigenvalue weighted by Crippen LogP contribution is -2.26. The minimum Gasteiger partial charge on any atom is -0.550 e. The number of carbonyl (C=O) groups is 3. The summed E-state index contributed by atoms with van der Waals surface area (Å²) in [7, 11) is 0. The molecule has 2 rings (SSSR count). The number of rotatable bonds is 6. The van der Waals surface area contributed by atoms with E-state index in [1.165, 1.54) is 0 Å². The van der Waals surface area contributed by atoms with Crippen molar-refractivity contribution in [3.8, 4) is 0 Å². The van der Waals surface area contributed by atoms with Crippen molar-refractivity contribution in [3.05, 3.63) is 24.3 Å². The molecule has 0 aromatic heterocycles. The molecule has 1 heterocycles. The summed E-state index contributed by atoms with van der Waals surface area (Å²) in [5, 5.41) is 15.6. The van der Waals surface area contributed by atoms with Crippen LogP contribution in [0.5, 0.6) is 0 Å². The van der Waals surface area contributed by atoms with E-state index in [9.17, 15) is 19.5 Å². The number of anilines is 2. The second kappa shape index (κ2) is 7.56. The third-order valence-corrected chi connectivity index (χ3v) is 3.21. The number of hydrogen-bond acceptors (Lipinski definition) is 5. The van der Waals surface area contributed by atoms with E-state index in [0.717, 1.165) is 12.8 Å². The highest BCUT2D eigenvalue weighted by Crippen LogP contribution is 2.17. The molecule has 0 spiro atoms. The first-order chi connectivity index (χ1) is 10.5. The van der Waals surface area contributed by atoms with Crippen molar-refractivity contribution in [3.63, 3.8) is 0 Å². The Morgan fingerprint density at radius 3 is 2.27 bits per heavy atom. The highest BCUT2D eigenvalue weighted by Gasteiger charge is 2.23. The highest BCUT2D eigenvalue weighted by atomic mass is 16.5. The normalized spacial score (nSPS) is 17.0. The Morgan fingerprint density at radius 1 is 1.09 bits per heavy atom. The summed E-state index contributed by atoms with van der Waals surface area (Å²) in [5.41, 5.74) is 1.13. The van der Waals surface area contributed by atoms with E-state index in [1.54, 1.807) is 24.3 Å². The van der Waals surface area contributed by atoms with Crippen molar-refractivity contribution >= 4 is 29.2 Å². The maximum Gasteiger partial charge on any atom is 0.253 e. The van der Waals surface area contributed by atoms with Crippen molar-refractivity contribution in [1.29, 1.82) is 0 Å². The Balaban J connectivity index is 1.83. The van der Waals surface area contributed by atoms with Gasteiger partial charge in [-0.15, -0.1) is 0 Å². The molecule has 1 saturated heterocycles. The van der Waals surface area contributed by atoms with Crippen LogP contribution in [-0.4, -0.2) is 30.5 Å². The molecule has 118 valence electrons. The van der Waals surface area contributed by atoms with Crippen LogP contribution < -0.4 is 15.7 Å². The van der Waals surface area contributed by atoms with E-state index in [0.29, 0.717) is 18.0 Å². The number of hydrogen-bond donors (Lipinski definition) is 2. The molecule has 0 radical (unpaired) electrons. The molecule has 2 N–H and O–H groups in total. The van der Waals surface area contributed by atoms with Gasteiger partial charge in [0.05, 0.1) is 0 Å². The van der Waals surface area contributed by atoms with Gasteiger partial charge in [-0.25, -0.2) is 0 Å². The molecule has 1 unspecified atom stereocenters. The largest absolute Gasteiger partial charge is 0.550 e. The molecule has 0 aliphatic carbocycles. The lowest BCUT2D eigenvalue weighted by Gasteiger charge is -2.11. The minimum atomic E-state index is -1.26. The van der Waals surface area contributed by atoms with Crippen molar-refractivity contribution in [1.82, 2.24) is 0 Å². The van der Waals surface area contributed by atoms with Gasteiger partial charge in [-0.05, 0) is 43.5 Å². The maximum atomic E-state index is 11.9. The molecular formula is C15H17N2O5-. The van der Waals surface area contributed by atoms with Gasteiger partial charge in [-0.2, -0.15) is 0 Å². The van der Waals surface area contributed by atoms with Gasteiger partial charge in [-0.3, -0.25) is 9.59 Å². The van der Waals surface area contributed by atoms with Gasteiger partial charge in [0, 0.05) is 30.4 Å². The zero-order valence-corrected chi connectivity index (χ0v) is 12.0. The lowest BCUT2D eigenvalue weighted by atomic mass is 10.2. The van der Waals surface area contributed by atoms with E-state index < -0.39 is 18.0 Å². The third kappa shape index (κ3) is 4.85. The Hall–Kier alpha value is -2.41. The Labute approximate surface area is 127 Å². The van der Waals surface area contributed by atoms with Crippen molar-refractivity contribution in [2.45, 2.75) is 31.8 Å². The SMILES string of the molecule is O=C([O-])CCC(=O)Nc1ccc(NC(=O)C2CCCO2)cc1. The fraction of sp³-hybridized carbons (Fsp3) is 0.400. The summed E-state index contributed by atoms with van der Waals surface area (Å²) in [6.45, 7) is 0.606. The number of carboxylic acids is 1. The van der Waals surface area contributed by atoms with Gasteiger partial charge >= 0.3 is 0 Å². The molecule has 0 saturated carbocycles. The smallest absolute Gasteiger partial charge is 0.253 e. The third-order valence-electron chi connectivity index (χ3n) is 3.21. The number of amides is 2. The molecule has 0 bridgehead atoms. The summed E-state index contributed by atoms with van der Waals surface area (Å²) in [6, 6.07) is 6.56. The van der Waals surface area contributed by atoms with E-state index >= 15 is 0 Å². The van der Waals surface area contributed by atoms with Gasteiger partial charge in [0.2, 0.25) is 5.91 Å². The first-order valence-electron chi connectivity index (χ1n) is 7.07. The molecule has 22 heavy (non-hydrogen) atoms. The fourth-order valence-electron chi connectivity index (χ4n) is 2.08. The Bertz CT molecular complexity index is 550. The van der Waals surface area contributed by atoms with Gasteiger partial charge < -0.3 is 25.3 Å². The van der Waals surface area contributed by atoms with Crippen LogP contribution in [0.3, 0.4) is 0 Å². The van der Waals surface area contributed by atoms with Gasteiger partial charge in [0.1, 0.15) is 6.10 Å². The summed E-state index contributed by atoms with van der Waals surface area (Å²) in [5.74, 6) is -1.84. The fourth-order valence-corrected chi connectivity index (χ4v) is 2.08. The predicted octanol–water partition coefficient (Wildman–Crippen LogP) is 0.273. The molecule has 1 fully saturated rings. The molecule has 1 aromatic rings. The van der Waals surface area contributed by atoms with Gasteiger partial charge in [0.25, 0.3) is 5.91 Å². The van der Waals surface area contributed by atoms with E-state index in [2.05, 4.69) is 10.6 Å². The van der Waals surface area contributed by atoms with Crippen molar-refractivity contribution in [2.75, 3.05) is 17.2 Å². The maximum absolute atomic E-state index is 11.9. The zero-order valence-electron chi connectivity index (χ0n) is 12.0.